The van der Waals surface area contributed by atoms with Gasteiger partial charge in [-0.2, -0.15) is 10.4 Å². The Bertz CT molecular complexity index is 1370. The van der Waals surface area contributed by atoms with E-state index in [0.29, 0.717) is 40.5 Å². The summed E-state index contributed by atoms with van der Waals surface area (Å²) in [5.74, 6) is 1.00. The lowest BCUT2D eigenvalue weighted by Gasteiger charge is -2.08. The van der Waals surface area contributed by atoms with E-state index in [1.54, 1.807) is 0 Å². The number of benzene rings is 2. The summed E-state index contributed by atoms with van der Waals surface area (Å²) in [5, 5.41) is 21.2. The Morgan fingerprint density at radius 2 is 1.97 bits per heavy atom. The summed E-state index contributed by atoms with van der Waals surface area (Å²) in [5.41, 5.74) is 3.51. The van der Waals surface area contributed by atoms with E-state index in [2.05, 4.69) is 31.6 Å². The van der Waals surface area contributed by atoms with Gasteiger partial charge < -0.3 is 10.1 Å². The highest BCUT2D eigenvalue weighted by Crippen LogP contribution is 2.43. The van der Waals surface area contributed by atoms with Crippen LogP contribution in [0, 0.1) is 11.3 Å². The standard InChI is InChI=1S/C24H20N6O2S/c1-3-32-20-7-5-4-6-18(20)22-19(12-25)21-23(33-22)24(27-14-26-21)30-28-13-16-8-10-17(11-9-16)29-15(2)31/h4-11,14H,3,13H2,1-2H3,(H,29,31). The zero-order valence-electron chi connectivity index (χ0n) is 18.1. The van der Waals surface area contributed by atoms with Gasteiger partial charge >= 0.3 is 0 Å². The van der Waals surface area contributed by atoms with E-state index < -0.39 is 0 Å². The van der Waals surface area contributed by atoms with Crippen LogP contribution in [-0.2, 0) is 11.3 Å². The lowest BCUT2D eigenvalue weighted by Crippen LogP contribution is -2.05. The molecule has 2 aromatic heterocycles. The Hall–Kier alpha value is -4.16. The van der Waals surface area contributed by atoms with Gasteiger partial charge in [-0.05, 0) is 36.8 Å². The average Bonchev–Trinajstić information content (AvgIpc) is 3.20. The van der Waals surface area contributed by atoms with E-state index in [0.717, 1.165) is 21.7 Å². The average molecular weight is 457 g/mol. The molecule has 9 heteroatoms. The minimum Gasteiger partial charge on any atom is -0.493 e. The number of fused-ring (bicyclic) bond motifs is 1. The molecule has 164 valence electrons. The van der Waals surface area contributed by atoms with E-state index in [4.69, 9.17) is 4.74 Å². The molecular formula is C24H20N6O2S. The number of para-hydroxylation sites is 1. The predicted molar refractivity (Wildman–Crippen MR) is 128 cm³/mol. The number of anilines is 1. The van der Waals surface area contributed by atoms with Crippen LogP contribution >= 0.6 is 11.3 Å². The molecule has 0 radical (unpaired) electrons. The second-order valence-corrected chi connectivity index (χ2v) is 8.02. The summed E-state index contributed by atoms with van der Waals surface area (Å²) < 4.78 is 6.45. The molecule has 0 aliphatic heterocycles. The van der Waals surface area contributed by atoms with Crippen molar-refractivity contribution in [2.45, 2.75) is 20.4 Å². The zero-order valence-corrected chi connectivity index (χ0v) is 18.9. The minimum atomic E-state index is -0.119. The van der Waals surface area contributed by atoms with Crippen molar-refractivity contribution in [3.05, 3.63) is 66.0 Å². The molecule has 0 atom stereocenters. The van der Waals surface area contributed by atoms with Crippen LogP contribution in [-0.4, -0.2) is 22.5 Å². The van der Waals surface area contributed by atoms with Gasteiger partial charge in [0.15, 0.2) is 5.82 Å². The SMILES string of the molecule is CCOc1ccccc1-c1sc2c(N=NCc3ccc(NC(C)=O)cc3)ncnc2c1C#N. The maximum absolute atomic E-state index is 11.1. The number of carbonyl (C=O) groups is 1. The predicted octanol–water partition coefficient (Wildman–Crippen LogP) is 5.87. The molecule has 8 nitrogen and oxygen atoms in total. The van der Waals surface area contributed by atoms with Crippen LogP contribution in [0.1, 0.15) is 25.0 Å². The van der Waals surface area contributed by atoms with Crippen molar-refractivity contribution < 1.29 is 9.53 Å². The largest absolute Gasteiger partial charge is 0.493 e. The van der Waals surface area contributed by atoms with Crippen LogP contribution in [0.15, 0.2) is 65.1 Å². The normalized spacial score (nSPS) is 10.9. The Morgan fingerprint density at radius 1 is 1.18 bits per heavy atom. The minimum absolute atomic E-state index is 0.119. The highest BCUT2D eigenvalue weighted by atomic mass is 32.1. The van der Waals surface area contributed by atoms with Gasteiger partial charge in [0.2, 0.25) is 5.91 Å². The number of amides is 1. The molecule has 2 aromatic carbocycles. The molecule has 0 saturated carbocycles. The molecular weight excluding hydrogens is 436 g/mol. The molecule has 0 spiro atoms. The lowest BCUT2D eigenvalue weighted by molar-refractivity contribution is -0.114. The number of aromatic nitrogens is 2. The van der Waals surface area contributed by atoms with E-state index in [-0.39, 0.29) is 5.91 Å². The second-order valence-electron chi connectivity index (χ2n) is 7.00. The topological polar surface area (TPSA) is 113 Å². The van der Waals surface area contributed by atoms with Crippen LogP contribution in [0.4, 0.5) is 11.5 Å². The third kappa shape index (κ3) is 4.86. The number of azo groups is 1. The summed E-state index contributed by atoms with van der Waals surface area (Å²) in [6.45, 7) is 4.26. The molecule has 0 unspecified atom stereocenters. The van der Waals surface area contributed by atoms with Crippen molar-refractivity contribution in [2.75, 3.05) is 11.9 Å². The summed E-state index contributed by atoms with van der Waals surface area (Å²) in [6, 6.07) is 17.3. The number of nitrogens with one attached hydrogen (secondary N) is 1. The molecule has 0 saturated heterocycles. The van der Waals surface area contributed by atoms with Crippen molar-refractivity contribution in [1.29, 1.82) is 5.26 Å². The highest BCUT2D eigenvalue weighted by Gasteiger charge is 2.20. The lowest BCUT2D eigenvalue weighted by atomic mass is 10.1. The number of thiophene rings is 1. The van der Waals surface area contributed by atoms with Gasteiger partial charge in [-0.3, -0.25) is 4.79 Å². The number of ether oxygens (including phenoxy) is 1. The first-order valence-corrected chi connectivity index (χ1v) is 11.1. The molecule has 0 aliphatic rings. The van der Waals surface area contributed by atoms with E-state index in [1.165, 1.54) is 24.6 Å². The van der Waals surface area contributed by atoms with Crippen LogP contribution < -0.4 is 10.1 Å². The first-order valence-electron chi connectivity index (χ1n) is 10.2. The Kier molecular flexibility index (Phi) is 6.66. The van der Waals surface area contributed by atoms with E-state index in [9.17, 15) is 10.1 Å². The van der Waals surface area contributed by atoms with E-state index in [1.807, 2.05) is 55.5 Å². The van der Waals surface area contributed by atoms with Gasteiger partial charge in [-0.1, -0.05) is 24.3 Å². The summed E-state index contributed by atoms with van der Waals surface area (Å²) >= 11 is 1.40. The maximum Gasteiger partial charge on any atom is 0.221 e. The van der Waals surface area contributed by atoms with Crippen molar-refractivity contribution in [3.8, 4) is 22.3 Å². The first-order chi connectivity index (χ1) is 16.1. The molecule has 0 aliphatic carbocycles. The number of nitrogens with zero attached hydrogens (tertiary/aromatic N) is 5. The Morgan fingerprint density at radius 3 is 2.70 bits per heavy atom. The number of nitriles is 1. The summed E-state index contributed by atoms with van der Waals surface area (Å²) in [4.78, 5) is 20.5. The van der Waals surface area contributed by atoms with Crippen molar-refractivity contribution in [1.82, 2.24) is 9.97 Å². The highest BCUT2D eigenvalue weighted by molar-refractivity contribution is 7.23. The van der Waals surface area contributed by atoms with Crippen LogP contribution in [0.2, 0.25) is 0 Å². The number of rotatable bonds is 7. The van der Waals surface area contributed by atoms with Gasteiger partial charge in [-0.15, -0.1) is 16.5 Å². The van der Waals surface area contributed by atoms with Crippen LogP contribution in [0.5, 0.6) is 5.75 Å². The smallest absolute Gasteiger partial charge is 0.221 e. The third-order valence-electron chi connectivity index (χ3n) is 4.69. The fourth-order valence-corrected chi connectivity index (χ4v) is 4.44. The molecule has 0 bridgehead atoms. The van der Waals surface area contributed by atoms with Crippen molar-refractivity contribution in [2.24, 2.45) is 10.2 Å². The molecule has 1 amide bonds. The number of carbonyl (C=O) groups excluding carboxylic acids is 1. The van der Waals surface area contributed by atoms with Crippen molar-refractivity contribution in [3.63, 3.8) is 0 Å². The quantitative estimate of drug-likeness (QED) is 0.349. The van der Waals surface area contributed by atoms with Gasteiger partial charge in [0, 0.05) is 18.2 Å². The summed E-state index contributed by atoms with van der Waals surface area (Å²) in [6.07, 6.45) is 1.39. The molecule has 4 rings (SSSR count). The first kappa shape index (κ1) is 22.0. The number of hydrogen-bond donors (Lipinski definition) is 1. The monoisotopic (exact) mass is 456 g/mol. The second kappa shape index (κ2) is 9.97. The van der Waals surface area contributed by atoms with Gasteiger partial charge in [-0.25, -0.2) is 9.97 Å². The molecule has 0 fully saturated rings. The van der Waals surface area contributed by atoms with Gasteiger partial charge in [0.1, 0.15) is 28.4 Å². The Balaban J connectivity index is 1.65. The third-order valence-corrected chi connectivity index (χ3v) is 5.90. The molecule has 4 aromatic rings. The summed E-state index contributed by atoms with van der Waals surface area (Å²) in [7, 11) is 0. The van der Waals surface area contributed by atoms with Crippen LogP contribution in [0.25, 0.3) is 20.7 Å². The fourth-order valence-electron chi connectivity index (χ4n) is 3.28. The maximum atomic E-state index is 11.1. The van der Waals surface area contributed by atoms with E-state index >= 15 is 0 Å². The van der Waals surface area contributed by atoms with Crippen molar-refractivity contribution >= 4 is 39.0 Å². The number of hydrogen-bond acceptors (Lipinski definition) is 8. The zero-order chi connectivity index (χ0) is 23.2. The van der Waals surface area contributed by atoms with Gasteiger partial charge in [0.05, 0.1) is 23.6 Å². The molecule has 1 N–H and O–H groups in total. The molecule has 2 heterocycles. The Labute approximate surface area is 194 Å². The molecule has 33 heavy (non-hydrogen) atoms. The van der Waals surface area contributed by atoms with Crippen LogP contribution in [0.3, 0.4) is 0 Å². The van der Waals surface area contributed by atoms with Gasteiger partial charge in [0.25, 0.3) is 0 Å². The fraction of sp³-hybridized carbons (Fsp3) is 0.167.